The Morgan fingerprint density at radius 3 is 2.39 bits per heavy atom. The van der Waals surface area contributed by atoms with Crippen molar-refractivity contribution in [2.24, 2.45) is 0 Å². The lowest BCUT2D eigenvalue weighted by Gasteiger charge is -2.43. The molecule has 0 amide bonds. The van der Waals surface area contributed by atoms with Gasteiger partial charge >= 0.3 is 0 Å². The Balaban J connectivity index is 1.39. The van der Waals surface area contributed by atoms with Gasteiger partial charge in [0.05, 0.1) is 0 Å². The van der Waals surface area contributed by atoms with Gasteiger partial charge in [-0.15, -0.1) is 0 Å². The van der Waals surface area contributed by atoms with E-state index in [1.165, 1.54) is 79.2 Å². The molecule has 1 saturated carbocycles. The zero-order chi connectivity index (χ0) is 18.9. The number of halogens is 1. The molecule has 0 aromatic heterocycles. The summed E-state index contributed by atoms with van der Waals surface area (Å²) in [4.78, 5) is 8.26. The van der Waals surface area contributed by atoms with Crippen molar-refractivity contribution in [1.82, 2.24) is 9.80 Å². The molecular formula is C24H29ClN2S. The molecule has 2 aliphatic heterocycles. The minimum absolute atomic E-state index is 0.429. The first-order chi connectivity index (χ1) is 13.8. The maximum atomic E-state index is 6.43. The SMILES string of the molecule is Clc1ccc2c(c1)C(N1CCN(C3CCCCC3)CC1)Cc1ccccc1S2. The van der Waals surface area contributed by atoms with Crippen LogP contribution in [0, 0.1) is 0 Å². The van der Waals surface area contributed by atoms with Crippen LogP contribution in [0.4, 0.5) is 0 Å². The molecule has 2 aromatic rings. The van der Waals surface area contributed by atoms with Crippen LogP contribution in [0.15, 0.2) is 52.3 Å². The second-order valence-corrected chi connectivity index (χ2v) is 10.00. The summed E-state index contributed by atoms with van der Waals surface area (Å²) in [5, 5.41) is 0.858. The van der Waals surface area contributed by atoms with Crippen LogP contribution in [0.2, 0.25) is 5.02 Å². The van der Waals surface area contributed by atoms with E-state index in [0.29, 0.717) is 6.04 Å². The summed E-state index contributed by atoms with van der Waals surface area (Å²) in [6.07, 6.45) is 8.19. The van der Waals surface area contributed by atoms with E-state index in [1.807, 2.05) is 17.8 Å². The third kappa shape index (κ3) is 3.87. The van der Waals surface area contributed by atoms with Crippen molar-refractivity contribution < 1.29 is 0 Å². The molecule has 0 bridgehead atoms. The molecule has 2 heterocycles. The average Bonchev–Trinajstić information content (AvgIpc) is 2.91. The molecule has 3 aliphatic rings. The summed E-state index contributed by atoms with van der Waals surface area (Å²) < 4.78 is 0. The third-order valence-corrected chi connectivity index (χ3v) is 8.26. The van der Waals surface area contributed by atoms with Crippen LogP contribution in [-0.2, 0) is 6.42 Å². The lowest BCUT2D eigenvalue weighted by atomic mass is 9.93. The molecule has 0 spiro atoms. The molecule has 1 aliphatic carbocycles. The highest BCUT2D eigenvalue weighted by molar-refractivity contribution is 7.99. The number of hydrogen-bond donors (Lipinski definition) is 0. The first-order valence-electron chi connectivity index (χ1n) is 10.8. The van der Waals surface area contributed by atoms with E-state index in [9.17, 15) is 0 Å². The van der Waals surface area contributed by atoms with Crippen molar-refractivity contribution in [3.63, 3.8) is 0 Å². The van der Waals surface area contributed by atoms with E-state index >= 15 is 0 Å². The standard InChI is InChI=1S/C24H29ClN2S/c25-19-10-11-24-21(17-19)22(16-18-6-4-5-9-23(18)28-24)27-14-12-26(13-15-27)20-7-2-1-3-8-20/h4-6,9-11,17,20,22H,1-3,7-8,12-16H2. The maximum absolute atomic E-state index is 6.43. The number of nitrogens with zero attached hydrogens (tertiary/aromatic N) is 2. The lowest BCUT2D eigenvalue weighted by molar-refractivity contribution is 0.0553. The van der Waals surface area contributed by atoms with Crippen LogP contribution in [0.5, 0.6) is 0 Å². The Hall–Kier alpha value is -1.00. The lowest BCUT2D eigenvalue weighted by Crippen LogP contribution is -2.51. The van der Waals surface area contributed by atoms with Crippen LogP contribution >= 0.6 is 23.4 Å². The summed E-state index contributed by atoms with van der Waals surface area (Å²) in [7, 11) is 0. The van der Waals surface area contributed by atoms with Crippen LogP contribution in [0.3, 0.4) is 0 Å². The summed E-state index contributed by atoms with van der Waals surface area (Å²) in [5.74, 6) is 0. The molecule has 2 fully saturated rings. The van der Waals surface area contributed by atoms with E-state index in [1.54, 1.807) is 0 Å². The Labute approximate surface area is 178 Å². The molecule has 2 nitrogen and oxygen atoms in total. The maximum Gasteiger partial charge on any atom is 0.0410 e. The third-order valence-electron chi connectivity index (χ3n) is 6.82. The van der Waals surface area contributed by atoms with Gasteiger partial charge < -0.3 is 0 Å². The van der Waals surface area contributed by atoms with Gasteiger partial charge in [0.15, 0.2) is 0 Å². The van der Waals surface area contributed by atoms with Crippen LogP contribution in [0.1, 0.15) is 49.3 Å². The van der Waals surface area contributed by atoms with Crippen molar-refractivity contribution in [2.75, 3.05) is 26.2 Å². The largest absolute Gasteiger partial charge is 0.298 e. The van der Waals surface area contributed by atoms with Gasteiger partial charge in [0.2, 0.25) is 0 Å². The Bertz CT molecular complexity index is 825. The van der Waals surface area contributed by atoms with E-state index in [-0.39, 0.29) is 0 Å². The molecule has 1 saturated heterocycles. The zero-order valence-electron chi connectivity index (χ0n) is 16.4. The predicted molar refractivity (Wildman–Crippen MR) is 118 cm³/mol. The molecule has 0 N–H and O–H groups in total. The summed E-state index contributed by atoms with van der Waals surface area (Å²) in [5.41, 5.74) is 2.89. The van der Waals surface area contributed by atoms with Crippen molar-refractivity contribution in [3.05, 3.63) is 58.6 Å². The Kier molecular flexibility index (Phi) is 5.69. The smallest absolute Gasteiger partial charge is 0.0410 e. The van der Waals surface area contributed by atoms with E-state index in [2.05, 4.69) is 46.2 Å². The minimum atomic E-state index is 0.429. The van der Waals surface area contributed by atoms with E-state index < -0.39 is 0 Å². The van der Waals surface area contributed by atoms with E-state index in [4.69, 9.17) is 11.6 Å². The van der Waals surface area contributed by atoms with Crippen molar-refractivity contribution in [3.8, 4) is 0 Å². The average molecular weight is 413 g/mol. The quantitative estimate of drug-likeness (QED) is 0.593. The molecular weight excluding hydrogens is 384 g/mol. The van der Waals surface area contributed by atoms with Gasteiger partial charge in [-0.2, -0.15) is 0 Å². The Morgan fingerprint density at radius 2 is 1.57 bits per heavy atom. The summed E-state index contributed by atoms with van der Waals surface area (Å²) >= 11 is 8.34. The number of fused-ring (bicyclic) bond motifs is 2. The molecule has 28 heavy (non-hydrogen) atoms. The highest BCUT2D eigenvalue weighted by atomic mass is 35.5. The van der Waals surface area contributed by atoms with Crippen molar-refractivity contribution in [1.29, 1.82) is 0 Å². The normalized spacial score (nSPS) is 24.4. The number of hydrogen-bond acceptors (Lipinski definition) is 3. The van der Waals surface area contributed by atoms with Crippen LogP contribution < -0.4 is 0 Å². The predicted octanol–water partition coefficient (Wildman–Crippen LogP) is 6.04. The van der Waals surface area contributed by atoms with Crippen LogP contribution in [-0.4, -0.2) is 42.0 Å². The monoisotopic (exact) mass is 412 g/mol. The summed E-state index contributed by atoms with van der Waals surface area (Å²) in [6, 6.07) is 16.7. The van der Waals surface area contributed by atoms with Gasteiger partial charge in [0, 0.05) is 53.1 Å². The first kappa shape index (κ1) is 19.0. The minimum Gasteiger partial charge on any atom is -0.298 e. The molecule has 5 rings (SSSR count). The van der Waals surface area contributed by atoms with Gasteiger partial charge in [0.1, 0.15) is 0 Å². The number of rotatable bonds is 2. The molecule has 0 radical (unpaired) electrons. The first-order valence-corrected chi connectivity index (χ1v) is 12.0. The molecule has 148 valence electrons. The Morgan fingerprint density at radius 1 is 0.821 bits per heavy atom. The second-order valence-electron chi connectivity index (χ2n) is 8.48. The molecule has 2 aromatic carbocycles. The van der Waals surface area contributed by atoms with Gasteiger partial charge in [0.25, 0.3) is 0 Å². The highest BCUT2D eigenvalue weighted by Crippen LogP contribution is 2.44. The number of benzene rings is 2. The van der Waals surface area contributed by atoms with Gasteiger partial charge in [-0.3, -0.25) is 9.80 Å². The fourth-order valence-corrected chi connectivity index (χ4v) is 6.56. The van der Waals surface area contributed by atoms with Crippen molar-refractivity contribution >= 4 is 23.4 Å². The topological polar surface area (TPSA) is 6.48 Å². The molecule has 4 heteroatoms. The number of piperazine rings is 1. The van der Waals surface area contributed by atoms with Gasteiger partial charge in [-0.1, -0.05) is 60.8 Å². The van der Waals surface area contributed by atoms with E-state index in [0.717, 1.165) is 17.5 Å². The molecule has 1 atom stereocenters. The second kappa shape index (κ2) is 8.39. The fraction of sp³-hybridized carbons (Fsp3) is 0.500. The van der Waals surface area contributed by atoms with Crippen molar-refractivity contribution in [2.45, 2.75) is 60.4 Å². The van der Waals surface area contributed by atoms with Crippen LogP contribution in [0.25, 0.3) is 0 Å². The molecule has 1 unspecified atom stereocenters. The van der Waals surface area contributed by atoms with Gasteiger partial charge in [-0.25, -0.2) is 0 Å². The van der Waals surface area contributed by atoms with Gasteiger partial charge in [-0.05, 0) is 54.7 Å². The zero-order valence-corrected chi connectivity index (χ0v) is 18.0. The fourth-order valence-electron chi connectivity index (χ4n) is 5.27. The summed E-state index contributed by atoms with van der Waals surface area (Å²) in [6.45, 7) is 4.76. The highest BCUT2D eigenvalue weighted by Gasteiger charge is 2.32.